The van der Waals surface area contributed by atoms with Gasteiger partial charge in [-0.05, 0) is 43.4 Å². The Hall–Kier alpha value is -1.13. The lowest BCUT2D eigenvalue weighted by Gasteiger charge is -2.22. The van der Waals surface area contributed by atoms with Crippen molar-refractivity contribution >= 4 is 5.69 Å². The van der Waals surface area contributed by atoms with Gasteiger partial charge in [0.15, 0.2) is 0 Å². The third kappa shape index (κ3) is 5.10. The summed E-state index contributed by atoms with van der Waals surface area (Å²) < 4.78 is 5.71. The van der Waals surface area contributed by atoms with Crippen molar-refractivity contribution in [3.63, 3.8) is 0 Å². The van der Waals surface area contributed by atoms with E-state index in [0.29, 0.717) is 0 Å². The van der Waals surface area contributed by atoms with Gasteiger partial charge in [0.25, 0.3) is 0 Å². The van der Waals surface area contributed by atoms with Crippen LogP contribution in [0.25, 0.3) is 0 Å². The number of likely N-dealkylation sites (N-methyl/N-ethyl adjacent to an activating group) is 1. The Morgan fingerprint density at radius 3 is 3.05 bits per heavy atom. The summed E-state index contributed by atoms with van der Waals surface area (Å²) in [6.07, 6.45) is 7.68. The van der Waals surface area contributed by atoms with Crippen molar-refractivity contribution in [1.82, 2.24) is 10.3 Å². The fourth-order valence-electron chi connectivity index (χ4n) is 2.16. The highest BCUT2D eigenvalue weighted by Gasteiger charge is 2.21. The van der Waals surface area contributed by atoms with Gasteiger partial charge >= 0.3 is 0 Å². The second kappa shape index (κ2) is 8.22. The molecule has 0 amide bonds. The Morgan fingerprint density at radius 2 is 2.30 bits per heavy atom. The van der Waals surface area contributed by atoms with Crippen LogP contribution in [0.5, 0.6) is 0 Å². The minimum Gasteiger partial charge on any atom is -0.379 e. The zero-order valence-electron chi connectivity index (χ0n) is 12.8. The molecule has 0 aliphatic heterocycles. The fourth-order valence-corrected chi connectivity index (χ4v) is 2.16. The predicted molar refractivity (Wildman–Crippen MR) is 83.0 cm³/mol. The van der Waals surface area contributed by atoms with E-state index in [4.69, 9.17) is 4.74 Å². The molecule has 4 nitrogen and oxygen atoms in total. The summed E-state index contributed by atoms with van der Waals surface area (Å²) in [6.45, 7) is 6.79. The first kappa shape index (κ1) is 15.3. The van der Waals surface area contributed by atoms with E-state index in [2.05, 4.69) is 35.2 Å². The topological polar surface area (TPSA) is 37.4 Å². The van der Waals surface area contributed by atoms with Gasteiger partial charge in [-0.3, -0.25) is 4.98 Å². The minimum absolute atomic E-state index is 0.795. The molecule has 4 heteroatoms. The molecule has 1 saturated carbocycles. The molecular weight excluding hydrogens is 250 g/mol. The predicted octanol–water partition coefficient (Wildman–Crippen LogP) is 2.44. The fraction of sp³-hybridized carbons (Fsp3) is 0.688. The highest BCUT2D eigenvalue weighted by atomic mass is 16.5. The van der Waals surface area contributed by atoms with Gasteiger partial charge in [-0.25, -0.2) is 0 Å². The van der Waals surface area contributed by atoms with Crippen LogP contribution < -0.4 is 10.2 Å². The molecule has 1 aromatic rings. The standard InChI is InChI=1S/C16H27N3O/c1-3-7-17-11-15-6-8-18-12-16(15)19(2)9-10-20-13-14-4-5-14/h6,8,12,14,17H,3-5,7,9-11,13H2,1-2H3. The number of nitrogens with one attached hydrogen (secondary N) is 1. The molecule has 0 saturated heterocycles. The van der Waals surface area contributed by atoms with Crippen LogP contribution in [0.1, 0.15) is 31.7 Å². The molecule has 1 aliphatic rings. The van der Waals surface area contributed by atoms with Crippen molar-refractivity contribution < 1.29 is 4.74 Å². The highest BCUT2D eigenvalue weighted by molar-refractivity contribution is 5.50. The van der Waals surface area contributed by atoms with E-state index < -0.39 is 0 Å². The van der Waals surface area contributed by atoms with E-state index >= 15 is 0 Å². The number of ether oxygens (including phenoxy) is 1. The third-order valence-electron chi connectivity index (χ3n) is 3.66. The van der Waals surface area contributed by atoms with E-state index in [-0.39, 0.29) is 0 Å². The van der Waals surface area contributed by atoms with Crippen molar-refractivity contribution in [1.29, 1.82) is 0 Å². The van der Waals surface area contributed by atoms with Crippen molar-refractivity contribution in [3.8, 4) is 0 Å². The average Bonchev–Trinajstić information content (AvgIpc) is 3.28. The molecule has 1 heterocycles. The SMILES string of the molecule is CCCNCc1ccncc1N(C)CCOCC1CC1. The van der Waals surface area contributed by atoms with Gasteiger partial charge in [-0.15, -0.1) is 0 Å². The second-order valence-corrected chi connectivity index (χ2v) is 5.62. The summed E-state index contributed by atoms with van der Waals surface area (Å²) in [5.41, 5.74) is 2.50. The van der Waals surface area contributed by atoms with Crippen LogP contribution in [0.4, 0.5) is 5.69 Å². The summed E-state index contributed by atoms with van der Waals surface area (Å²) in [5, 5.41) is 3.45. The molecule has 1 aromatic heterocycles. The Bertz CT molecular complexity index is 393. The van der Waals surface area contributed by atoms with E-state index in [1.54, 1.807) is 0 Å². The number of hydrogen-bond acceptors (Lipinski definition) is 4. The quantitative estimate of drug-likeness (QED) is 0.667. The molecule has 0 aromatic carbocycles. The van der Waals surface area contributed by atoms with Gasteiger partial charge < -0.3 is 15.0 Å². The first-order valence-electron chi connectivity index (χ1n) is 7.73. The first-order chi connectivity index (χ1) is 9.81. The van der Waals surface area contributed by atoms with Gasteiger partial charge in [0.2, 0.25) is 0 Å². The summed E-state index contributed by atoms with van der Waals surface area (Å²) in [5.74, 6) is 0.840. The Labute approximate surface area is 122 Å². The molecule has 0 spiro atoms. The van der Waals surface area contributed by atoms with Crippen LogP contribution in [0.2, 0.25) is 0 Å². The molecular formula is C16H27N3O. The lowest BCUT2D eigenvalue weighted by molar-refractivity contribution is 0.131. The molecule has 0 bridgehead atoms. The molecule has 2 rings (SSSR count). The summed E-state index contributed by atoms with van der Waals surface area (Å²) in [7, 11) is 2.11. The van der Waals surface area contributed by atoms with E-state index in [1.807, 2.05) is 12.4 Å². The van der Waals surface area contributed by atoms with E-state index in [9.17, 15) is 0 Å². The zero-order valence-corrected chi connectivity index (χ0v) is 12.8. The molecule has 112 valence electrons. The molecule has 0 atom stereocenters. The third-order valence-corrected chi connectivity index (χ3v) is 3.66. The summed E-state index contributed by atoms with van der Waals surface area (Å²) in [4.78, 5) is 6.49. The molecule has 1 aliphatic carbocycles. The van der Waals surface area contributed by atoms with Crippen LogP contribution in [0, 0.1) is 5.92 Å². The Kier molecular flexibility index (Phi) is 6.27. The van der Waals surface area contributed by atoms with Gasteiger partial charge in [0.1, 0.15) is 0 Å². The van der Waals surface area contributed by atoms with Gasteiger partial charge in [-0.1, -0.05) is 6.92 Å². The number of hydrogen-bond donors (Lipinski definition) is 1. The molecule has 0 unspecified atom stereocenters. The number of pyridine rings is 1. The van der Waals surface area contributed by atoms with Gasteiger partial charge in [-0.2, -0.15) is 0 Å². The van der Waals surface area contributed by atoms with Crippen LogP contribution in [-0.2, 0) is 11.3 Å². The second-order valence-electron chi connectivity index (χ2n) is 5.62. The Morgan fingerprint density at radius 1 is 1.45 bits per heavy atom. The van der Waals surface area contributed by atoms with Crippen LogP contribution in [-0.4, -0.2) is 38.3 Å². The lowest BCUT2D eigenvalue weighted by Crippen LogP contribution is -2.25. The first-order valence-corrected chi connectivity index (χ1v) is 7.73. The number of aromatic nitrogens is 1. The van der Waals surface area contributed by atoms with E-state index in [0.717, 1.165) is 45.2 Å². The molecule has 1 N–H and O–H groups in total. The number of anilines is 1. The summed E-state index contributed by atoms with van der Waals surface area (Å²) in [6, 6.07) is 2.10. The normalized spacial score (nSPS) is 14.5. The molecule has 0 radical (unpaired) electrons. The maximum atomic E-state index is 5.71. The maximum absolute atomic E-state index is 5.71. The van der Waals surface area contributed by atoms with Gasteiger partial charge in [0, 0.05) is 32.9 Å². The molecule has 1 fully saturated rings. The summed E-state index contributed by atoms with van der Waals surface area (Å²) >= 11 is 0. The zero-order chi connectivity index (χ0) is 14.2. The minimum atomic E-state index is 0.795. The van der Waals surface area contributed by atoms with Crippen LogP contribution in [0.3, 0.4) is 0 Å². The van der Waals surface area contributed by atoms with Crippen molar-refractivity contribution in [2.75, 3.05) is 38.3 Å². The highest BCUT2D eigenvalue weighted by Crippen LogP contribution is 2.28. The average molecular weight is 277 g/mol. The largest absolute Gasteiger partial charge is 0.379 e. The van der Waals surface area contributed by atoms with E-state index in [1.165, 1.54) is 24.1 Å². The number of nitrogens with zero attached hydrogens (tertiary/aromatic N) is 2. The Balaban J connectivity index is 1.78. The number of rotatable bonds is 10. The van der Waals surface area contributed by atoms with Gasteiger partial charge in [0.05, 0.1) is 18.5 Å². The maximum Gasteiger partial charge on any atom is 0.0641 e. The van der Waals surface area contributed by atoms with Crippen molar-refractivity contribution in [2.24, 2.45) is 5.92 Å². The van der Waals surface area contributed by atoms with Crippen LogP contribution in [0.15, 0.2) is 18.5 Å². The molecule has 20 heavy (non-hydrogen) atoms. The van der Waals surface area contributed by atoms with Crippen molar-refractivity contribution in [3.05, 3.63) is 24.0 Å². The monoisotopic (exact) mass is 277 g/mol. The van der Waals surface area contributed by atoms with Crippen molar-refractivity contribution in [2.45, 2.75) is 32.7 Å². The van der Waals surface area contributed by atoms with Crippen LogP contribution >= 0.6 is 0 Å². The lowest BCUT2D eigenvalue weighted by atomic mass is 10.2. The smallest absolute Gasteiger partial charge is 0.0641 e.